The maximum atomic E-state index is 13.2. The Hall–Kier alpha value is -1.99. The number of amides is 3. The number of piperidine rings is 1. The van der Waals surface area contributed by atoms with Crippen LogP contribution in [0, 0.1) is 17.3 Å². The lowest BCUT2D eigenvalue weighted by atomic mass is 9.72. The number of hydrogen-bond donors (Lipinski definition) is 0. The first-order chi connectivity index (χ1) is 15.7. The molecule has 3 amide bonds. The van der Waals surface area contributed by atoms with Crippen molar-refractivity contribution in [2.75, 3.05) is 39.8 Å². The van der Waals surface area contributed by atoms with Crippen molar-refractivity contribution in [3.8, 4) is 0 Å². The molecule has 3 rings (SSSR count). The van der Waals surface area contributed by atoms with Crippen LogP contribution >= 0.6 is 0 Å². The third-order valence-corrected chi connectivity index (χ3v) is 7.27. The first kappa shape index (κ1) is 26.6. The molecule has 34 heavy (non-hydrogen) atoms. The van der Waals surface area contributed by atoms with Crippen LogP contribution in [0.1, 0.15) is 80.1 Å². The fourth-order valence-corrected chi connectivity index (χ4v) is 5.39. The Morgan fingerprint density at radius 2 is 1.38 bits per heavy atom. The van der Waals surface area contributed by atoms with Crippen molar-refractivity contribution < 1.29 is 23.9 Å². The minimum atomic E-state index is -0.490. The Morgan fingerprint density at radius 1 is 0.853 bits per heavy atom. The number of ether oxygens (including phenoxy) is 2. The molecule has 0 unspecified atom stereocenters. The van der Waals surface area contributed by atoms with Crippen LogP contribution in [-0.4, -0.2) is 83.8 Å². The highest BCUT2D eigenvalue weighted by Crippen LogP contribution is 2.42. The molecule has 194 valence electrons. The van der Waals surface area contributed by atoms with Crippen LogP contribution in [0.5, 0.6) is 0 Å². The van der Waals surface area contributed by atoms with Gasteiger partial charge in [-0.2, -0.15) is 0 Å². The zero-order valence-electron chi connectivity index (χ0n) is 22.3. The molecular weight excluding hydrogens is 434 g/mol. The minimum absolute atomic E-state index is 0.0942. The van der Waals surface area contributed by atoms with Crippen molar-refractivity contribution in [1.29, 1.82) is 0 Å². The summed E-state index contributed by atoms with van der Waals surface area (Å²) >= 11 is 0. The van der Waals surface area contributed by atoms with Crippen LogP contribution in [0.3, 0.4) is 0 Å². The molecule has 3 fully saturated rings. The van der Waals surface area contributed by atoms with E-state index in [2.05, 4.69) is 0 Å². The maximum Gasteiger partial charge on any atom is 0.410 e. The van der Waals surface area contributed by atoms with E-state index in [-0.39, 0.29) is 29.4 Å². The van der Waals surface area contributed by atoms with E-state index >= 15 is 0 Å². The topological polar surface area (TPSA) is 79.4 Å². The van der Waals surface area contributed by atoms with Gasteiger partial charge in [-0.25, -0.2) is 9.59 Å². The Balaban J connectivity index is 1.37. The van der Waals surface area contributed by atoms with Crippen molar-refractivity contribution in [2.45, 2.75) is 91.3 Å². The minimum Gasteiger partial charge on any atom is -0.444 e. The van der Waals surface area contributed by atoms with Gasteiger partial charge in [0.15, 0.2) is 0 Å². The Bertz CT molecular complexity index is 745. The molecule has 3 aliphatic rings. The van der Waals surface area contributed by atoms with Crippen molar-refractivity contribution in [2.24, 2.45) is 17.3 Å². The number of carbonyl (C=O) groups is 3. The van der Waals surface area contributed by atoms with Crippen molar-refractivity contribution >= 4 is 18.1 Å². The zero-order chi connectivity index (χ0) is 25.3. The summed E-state index contributed by atoms with van der Waals surface area (Å²) in [7, 11) is 1.79. The standard InChI is InChI=1S/C26H45N3O5/c1-24(2,3)33-22(31)27(7)16-19-8-10-20(11-9-19)21(30)28-14-12-26(13-15-28)17-29(18-26)23(32)34-25(4,5)6/h19-20H,8-18H2,1-7H3/t19-,20-. The van der Waals surface area contributed by atoms with Gasteiger partial charge < -0.3 is 24.2 Å². The molecule has 2 aliphatic heterocycles. The van der Waals surface area contributed by atoms with E-state index in [0.29, 0.717) is 12.5 Å². The Morgan fingerprint density at radius 3 is 1.88 bits per heavy atom. The van der Waals surface area contributed by atoms with Gasteiger partial charge >= 0.3 is 12.2 Å². The number of nitrogens with zero attached hydrogens (tertiary/aromatic N) is 3. The lowest BCUT2D eigenvalue weighted by Gasteiger charge is -2.53. The van der Waals surface area contributed by atoms with Gasteiger partial charge in [0.1, 0.15) is 11.2 Å². The van der Waals surface area contributed by atoms with E-state index < -0.39 is 11.2 Å². The molecule has 1 spiro atoms. The summed E-state index contributed by atoms with van der Waals surface area (Å²) in [5.41, 5.74) is -0.812. The fraction of sp³-hybridized carbons (Fsp3) is 0.885. The van der Waals surface area contributed by atoms with Gasteiger partial charge in [-0.1, -0.05) is 0 Å². The second kappa shape index (κ2) is 9.94. The van der Waals surface area contributed by atoms with Crippen molar-refractivity contribution in [3.63, 3.8) is 0 Å². The van der Waals surface area contributed by atoms with Gasteiger partial charge in [-0.15, -0.1) is 0 Å². The van der Waals surface area contributed by atoms with E-state index in [1.807, 2.05) is 46.4 Å². The summed E-state index contributed by atoms with van der Waals surface area (Å²) in [5.74, 6) is 0.800. The molecule has 1 saturated carbocycles. The van der Waals surface area contributed by atoms with E-state index in [9.17, 15) is 14.4 Å². The molecule has 8 nitrogen and oxygen atoms in total. The second-order valence-corrected chi connectivity index (χ2v) is 12.7. The predicted molar refractivity (Wildman–Crippen MR) is 130 cm³/mol. The quantitative estimate of drug-likeness (QED) is 0.595. The third kappa shape index (κ3) is 7.01. The molecule has 8 heteroatoms. The first-order valence-electron chi connectivity index (χ1n) is 12.9. The number of rotatable bonds is 3. The highest BCUT2D eigenvalue weighted by atomic mass is 16.6. The average molecular weight is 480 g/mol. The molecule has 0 bridgehead atoms. The first-order valence-corrected chi connectivity index (χ1v) is 12.9. The Kier molecular flexibility index (Phi) is 7.78. The molecule has 2 heterocycles. The van der Waals surface area contributed by atoms with Gasteiger partial charge in [0.05, 0.1) is 0 Å². The molecule has 0 aromatic rings. The van der Waals surface area contributed by atoms with E-state index in [0.717, 1.165) is 64.7 Å². The monoisotopic (exact) mass is 479 g/mol. The van der Waals surface area contributed by atoms with Crippen LogP contribution in [0.4, 0.5) is 9.59 Å². The van der Waals surface area contributed by atoms with Gasteiger partial charge in [0, 0.05) is 51.1 Å². The van der Waals surface area contributed by atoms with Crippen molar-refractivity contribution in [3.05, 3.63) is 0 Å². The third-order valence-electron chi connectivity index (χ3n) is 7.27. The van der Waals surface area contributed by atoms with Crippen LogP contribution < -0.4 is 0 Å². The summed E-state index contributed by atoms with van der Waals surface area (Å²) in [6.07, 6.45) is 5.10. The smallest absolute Gasteiger partial charge is 0.410 e. The molecule has 0 aromatic heterocycles. The lowest BCUT2D eigenvalue weighted by Crippen LogP contribution is -2.63. The second-order valence-electron chi connectivity index (χ2n) is 12.7. The summed E-state index contributed by atoms with van der Waals surface area (Å²) in [6, 6.07) is 0. The summed E-state index contributed by atoms with van der Waals surface area (Å²) in [5, 5.41) is 0. The predicted octanol–water partition coefficient (Wildman–Crippen LogP) is 4.52. The molecule has 0 N–H and O–H groups in total. The molecular formula is C26H45N3O5. The van der Waals surface area contributed by atoms with Gasteiger partial charge in [-0.05, 0) is 86.0 Å². The van der Waals surface area contributed by atoms with Crippen LogP contribution in [-0.2, 0) is 14.3 Å². The van der Waals surface area contributed by atoms with Gasteiger partial charge in [-0.3, -0.25) is 4.79 Å². The van der Waals surface area contributed by atoms with Crippen molar-refractivity contribution in [1.82, 2.24) is 14.7 Å². The average Bonchev–Trinajstić information content (AvgIpc) is 2.69. The SMILES string of the molecule is CN(C[C@H]1CC[C@H](C(=O)N2CCC3(CC2)CN(C(=O)OC(C)(C)C)C3)CC1)C(=O)OC(C)(C)C. The fourth-order valence-electron chi connectivity index (χ4n) is 5.39. The number of likely N-dealkylation sites (tertiary alicyclic amines) is 2. The molecule has 0 aromatic carbocycles. The van der Waals surface area contributed by atoms with Gasteiger partial charge in [0.2, 0.25) is 5.91 Å². The van der Waals surface area contributed by atoms with E-state index in [1.54, 1.807) is 16.8 Å². The zero-order valence-corrected chi connectivity index (χ0v) is 22.3. The van der Waals surface area contributed by atoms with Crippen LogP contribution in [0.25, 0.3) is 0 Å². The van der Waals surface area contributed by atoms with Crippen LogP contribution in [0.2, 0.25) is 0 Å². The highest BCUT2D eigenvalue weighted by Gasteiger charge is 2.48. The van der Waals surface area contributed by atoms with E-state index in [1.165, 1.54) is 0 Å². The lowest BCUT2D eigenvalue weighted by molar-refractivity contribution is -0.141. The maximum absolute atomic E-state index is 13.2. The van der Waals surface area contributed by atoms with Crippen LogP contribution in [0.15, 0.2) is 0 Å². The molecule has 1 aliphatic carbocycles. The molecule has 0 atom stereocenters. The summed E-state index contributed by atoms with van der Waals surface area (Å²) < 4.78 is 10.9. The number of hydrogen-bond acceptors (Lipinski definition) is 5. The largest absolute Gasteiger partial charge is 0.444 e. The Labute approximate surface area is 205 Å². The summed E-state index contributed by atoms with van der Waals surface area (Å²) in [4.78, 5) is 43.1. The summed E-state index contributed by atoms with van der Waals surface area (Å²) in [6.45, 7) is 15.0. The molecule has 0 radical (unpaired) electrons. The normalized spacial score (nSPS) is 24.9. The number of carbonyl (C=O) groups excluding carboxylic acids is 3. The molecule has 2 saturated heterocycles. The van der Waals surface area contributed by atoms with E-state index in [4.69, 9.17) is 9.47 Å². The van der Waals surface area contributed by atoms with Gasteiger partial charge in [0.25, 0.3) is 0 Å². The highest BCUT2D eigenvalue weighted by molar-refractivity contribution is 5.79.